The summed E-state index contributed by atoms with van der Waals surface area (Å²) in [5.74, 6) is 0.450. The van der Waals surface area contributed by atoms with Crippen LogP contribution < -0.4 is 10.6 Å². The fraction of sp³-hybridized carbons (Fsp3) is 0.632. The van der Waals surface area contributed by atoms with E-state index in [-0.39, 0.29) is 18.2 Å². The van der Waals surface area contributed by atoms with Crippen molar-refractivity contribution in [3.63, 3.8) is 0 Å². The van der Waals surface area contributed by atoms with Crippen molar-refractivity contribution in [2.75, 3.05) is 46.4 Å². The Labute approximate surface area is 150 Å². The highest BCUT2D eigenvalue weighted by Crippen LogP contribution is 2.18. The molecule has 0 aromatic heterocycles. The molecule has 2 saturated heterocycles. The fourth-order valence-electron chi connectivity index (χ4n) is 3.64. The number of nitrogens with zero attached hydrogens (tertiary/aromatic N) is 2. The second-order valence-corrected chi connectivity index (χ2v) is 7.37. The van der Waals surface area contributed by atoms with Gasteiger partial charge >= 0.3 is 6.03 Å². The summed E-state index contributed by atoms with van der Waals surface area (Å²) in [4.78, 5) is 16.9. The molecule has 138 valence electrons. The number of nitrogens with one attached hydrogen (secondary N) is 2. The van der Waals surface area contributed by atoms with Gasteiger partial charge in [-0.2, -0.15) is 0 Å². The number of carbonyl (C=O) groups is 1. The zero-order chi connectivity index (χ0) is 17.6. The van der Waals surface area contributed by atoms with Gasteiger partial charge < -0.3 is 20.3 Å². The topological polar surface area (TPSA) is 56.8 Å². The predicted octanol–water partition coefficient (Wildman–Crippen LogP) is 1.14. The van der Waals surface area contributed by atoms with Crippen LogP contribution in [0.2, 0.25) is 0 Å². The lowest BCUT2D eigenvalue weighted by atomic mass is 10.1. The summed E-state index contributed by atoms with van der Waals surface area (Å²) in [5, 5.41) is 6.10. The highest BCUT2D eigenvalue weighted by molar-refractivity contribution is 5.74. The van der Waals surface area contributed by atoms with E-state index in [0.29, 0.717) is 12.5 Å². The van der Waals surface area contributed by atoms with E-state index in [2.05, 4.69) is 58.7 Å². The lowest BCUT2D eigenvalue weighted by Gasteiger charge is -2.30. The molecule has 2 aliphatic rings. The molecule has 2 amide bonds. The van der Waals surface area contributed by atoms with Crippen LogP contribution in [-0.4, -0.2) is 74.4 Å². The van der Waals surface area contributed by atoms with Crippen LogP contribution in [0.15, 0.2) is 30.3 Å². The minimum Gasteiger partial charge on any atom is -0.374 e. The molecular formula is C19H30N4O2. The minimum absolute atomic E-state index is 0.0834. The molecule has 6 nitrogen and oxygen atoms in total. The van der Waals surface area contributed by atoms with E-state index in [4.69, 9.17) is 4.74 Å². The molecule has 2 fully saturated rings. The first-order valence-corrected chi connectivity index (χ1v) is 9.21. The quantitative estimate of drug-likeness (QED) is 0.839. The molecule has 1 aromatic rings. The van der Waals surface area contributed by atoms with Crippen molar-refractivity contribution in [3.05, 3.63) is 35.9 Å². The Morgan fingerprint density at radius 2 is 2.04 bits per heavy atom. The number of carbonyl (C=O) groups excluding carboxylic acids is 1. The van der Waals surface area contributed by atoms with Crippen LogP contribution in [0.1, 0.15) is 12.5 Å². The second kappa shape index (κ2) is 8.65. The van der Waals surface area contributed by atoms with Crippen LogP contribution in [0.4, 0.5) is 4.79 Å². The van der Waals surface area contributed by atoms with Crippen molar-refractivity contribution in [1.82, 2.24) is 20.4 Å². The third-order valence-electron chi connectivity index (χ3n) is 5.09. The molecular weight excluding hydrogens is 316 g/mol. The molecule has 3 rings (SSSR count). The number of hydrogen-bond acceptors (Lipinski definition) is 4. The van der Waals surface area contributed by atoms with Gasteiger partial charge in [0, 0.05) is 45.3 Å². The molecule has 2 aliphatic heterocycles. The molecule has 0 unspecified atom stereocenters. The minimum atomic E-state index is -0.0877. The van der Waals surface area contributed by atoms with Crippen molar-refractivity contribution >= 4 is 6.03 Å². The number of hydrogen-bond donors (Lipinski definition) is 2. The summed E-state index contributed by atoms with van der Waals surface area (Å²) in [5.41, 5.74) is 1.32. The lowest BCUT2D eigenvalue weighted by molar-refractivity contribution is -0.0168. The Bertz CT molecular complexity index is 554. The highest BCUT2D eigenvalue weighted by Gasteiger charge is 2.30. The van der Waals surface area contributed by atoms with Crippen LogP contribution in [0, 0.1) is 5.92 Å². The van der Waals surface area contributed by atoms with E-state index in [1.807, 2.05) is 6.07 Å². The number of amides is 2. The summed E-state index contributed by atoms with van der Waals surface area (Å²) < 4.78 is 5.68. The number of urea groups is 1. The van der Waals surface area contributed by atoms with E-state index in [0.717, 1.165) is 39.3 Å². The highest BCUT2D eigenvalue weighted by atomic mass is 16.5. The van der Waals surface area contributed by atoms with Gasteiger partial charge in [-0.25, -0.2) is 4.79 Å². The van der Waals surface area contributed by atoms with Gasteiger partial charge in [-0.1, -0.05) is 37.3 Å². The maximum atomic E-state index is 12.2. The maximum absolute atomic E-state index is 12.2. The molecule has 0 saturated carbocycles. The molecule has 25 heavy (non-hydrogen) atoms. The first kappa shape index (κ1) is 18.2. The van der Waals surface area contributed by atoms with Crippen molar-refractivity contribution < 1.29 is 9.53 Å². The Hall–Kier alpha value is -1.63. The van der Waals surface area contributed by atoms with Crippen molar-refractivity contribution in [3.8, 4) is 0 Å². The number of likely N-dealkylation sites (tertiary alicyclic amines) is 1. The largest absolute Gasteiger partial charge is 0.374 e. The molecule has 6 heteroatoms. The second-order valence-electron chi connectivity index (χ2n) is 7.37. The molecule has 2 N–H and O–H groups in total. The zero-order valence-corrected chi connectivity index (χ0v) is 15.3. The Kier molecular flexibility index (Phi) is 6.29. The van der Waals surface area contributed by atoms with Crippen LogP contribution in [-0.2, 0) is 11.3 Å². The van der Waals surface area contributed by atoms with E-state index >= 15 is 0 Å². The molecule has 2 heterocycles. The van der Waals surface area contributed by atoms with Crippen LogP contribution >= 0.6 is 0 Å². The summed E-state index contributed by atoms with van der Waals surface area (Å²) in [6.45, 7) is 8.17. The predicted molar refractivity (Wildman–Crippen MR) is 98.4 cm³/mol. The van der Waals surface area contributed by atoms with Gasteiger partial charge in [0.25, 0.3) is 0 Å². The van der Waals surface area contributed by atoms with Gasteiger partial charge in [-0.05, 0) is 18.5 Å². The first-order chi connectivity index (χ1) is 12.1. The van der Waals surface area contributed by atoms with Gasteiger partial charge in [-0.15, -0.1) is 0 Å². The third kappa shape index (κ3) is 5.42. The van der Waals surface area contributed by atoms with E-state index in [1.165, 1.54) is 5.56 Å². The monoisotopic (exact) mass is 346 g/mol. The van der Waals surface area contributed by atoms with Gasteiger partial charge in [0.15, 0.2) is 0 Å². The fourth-order valence-corrected chi connectivity index (χ4v) is 3.64. The summed E-state index contributed by atoms with van der Waals surface area (Å²) in [6.07, 6.45) is 0.0834. The van der Waals surface area contributed by atoms with Crippen molar-refractivity contribution in [2.45, 2.75) is 25.6 Å². The van der Waals surface area contributed by atoms with Crippen molar-refractivity contribution in [2.24, 2.45) is 5.92 Å². The standard InChI is InChI=1S/C19H30N4O2/c1-15-11-23(12-16-6-4-3-5-7-16)14-18(15)21-19(24)20-10-17-13-22(2)8-9-25-17/h3-7,15,17-18H,8-14H2,1-2H3,(H2,20,21,24)/t15-,17+,18+/m1/s1. The van der Waals surface area contributed by atoms with Gasteiger partial charge in [0.05, 0.1) is 12.7 Å². The van der Waals surface area contributed by atoms with E-state index in [9.17, 15) is 4.79 Å². The molecule has 0 radical (unpaired) electrons. The van der Waals surface area contributed by atoms with Gasteiger partial charge in [0.1, 0.15) is 0 Å². The smallest absolute Gasteiger partial charge is 0.315 e. The number of morpholine rings is 1. The molecule has 0 aliphatic carbocycles. The van der Waals surface area contributed by atoms with Crippen LogP contribution in [0.3, 0.4) is 0 Å². The SMILES string of the molecule is C[C@@H]1CN(Cc2ccccc2)C[C@@H]1NC(=O)NC[C@H]1CN(C)CCO1. The Morgan fingerprint density at radius 3 is 2.80 bits per heavy atom. The normalized spacial score (nSPS) is 28.0. The van der Waals surface area contributed by atoms with Crippen LogP contribution in [0.5, 0.6) is 0 Å². The van der Waals surface area contributed by atoms with Gasteiger partial charge in [0.2, 0.25) is 0 Å². The number of benzene rings is 1. The average Bonchev–Trinajstić information content (AvgIpc) is 2.93. The lowest BCUT2D eigenvalue weighted by Crippen LogP contribution is -2.50. The van der Waals surface area contributed by atoms with E-state index < -0.39 is 0 Å². The van der Waals surface area contributed by atoms with Crippen LogP contribution in [0.25, 0.3) is 0 Å². The molecule has 3 atom stereocenters. The Balaban J connectivity index is 1.40. The Morgan fingerprint density at radius 1 is 1.24 bits per heavy atom. The number of ether oxygens (including phenoxy) is 1. The summed E-state index contributed by atoms with van der Waals surface area (Å²) in [7, 11) is 2.08. The molecule has 1 aromatic carbocycles. The third-order valence-corrected chi connectivity index (χ3v) is 5.09. The molecule has 0 bridgehead atoms. The molecule has 0 spiro atoms. The van der Waals surface area contributed by atoms with Crippen molar-refractivity contribution in [1.29, 1.82) is 0 Å². The zero-order valence-electron chi connectivity index (χ0n) is 15.3. The first-order valence-electron chi connectivity index (χ1n) is 9.21. The summed E-state index contributed by atoms with van der Waals surface area (Å²) in [6, 6.07) is 10.6. The number of likely N-dealkylation sites (N-methyl/N-ethyl adjacent to an activating group) is 1. The van der Waals surface area contributed by atoms with Gasteiger partial charge in [-0.3, -0.25) is 4.90 Å². The summed E-state index contributed by atoms with van der Waals surface area (Å²) >= 11 is 0. The average molecular weight is 346 g/mol. The maximum Gasteiger partial charge on any atom is 0.315 e. The van der Waals surface area contributed by atoms with E-state index in [1.54, 1.807) is 0 Å². The number of rotatable bonds is 5.